The van der Waals surface area contributed by atoms with Gasteiger partial charge in [-0.25, -0.2) is 0 Å². The number of hydrogen-bond acceptors (Lipinski definition) is 2. The van der Waals surface area contributed by atoms with Gasteiger partial charge in [0.15, 0.2) is 0 Å². The second kappa shape index (κ2) is 8.11. The van der Waals surface area contributed by atoms with Crippen LogP contribution in [0.15, 0.2) is 54.7 Å². The molecule has 2 amide bonds. The van der Waals surface area contributed by atoms with Crippen LogP contribution in [-0.2, 0) is 4.79 Å². The fraction of sp³-hybridized carbons (Fsp3) is 0.333. The van der Waals surface area contributed by atoms with Gasteiger partial charge >= 0.3 is 0 Å². The van der Waals surface area contributed by atoms with E-state index in [2.05, 4.69) is 30.2 Å². The van der Waals surface area contributed by atoms with Crippen LogP contribution in [0.4, 0.5) is 0 Å². The summed E-state index contributed by atoms with van der Waals surface area (Å²) in [5.41, 5.74) is 3.84. The molecule has 29 heavy (non-hydrogen) atoms. The summed E-state index contributed by atoms with van der Waals surface area (Å²) in [5.74, 6) is 0.536. The fourth-order valence-electron chi connectivity index (χ4n) is 4.07. The third kappa shape index (κ3) is 3.77. The monoisotopic (exact) mass is 389 g/mol. The molecular formula is C24H27N3O2. The first kappa shape index (κ1) is 19.2. The van der Waals surface area contributed by atoms with E-state index in [1.807, 2.05) is 53.6 Å². The lowest BCUT2D eigenvalue weighted by Gasteiger charge is -2.25. The van der Waals surface area contributed by atoms with Crippen molar-refractivity contribution in [3.05, 3.63) is 71.4 Å². The third-order valence-electron chi connectivity index (χ3n) is 5.60. The van der Waals surface area contributed by atoms with Crippen molar-refractivity contribution in [2.75, 3.05) is 13.1 Å². The van der Waals surface area contributed by atoms with Gasteiger partial charge in [-0.1, -0.05) is 50.2 Å². The van der Waals surface area contributed by atoms with Gasteiger partial charge in [0.25, 0.3) is 5.91 Å². The lowest BCUT2D eigenvalue weighted by atomic mass is 9.97. The Kier molecular flexibility index (Phi) is 5.38. The van der Waals surface area contributed by atoms with Gasteiger partial charge in [-0.2, -0.15) is 0 Å². The molecule has 0 fully saturated rings. The van der Waals surface area contributed by atoms with Crippen LogP contribution < -0.4 is 5.32 Å². The smallest absolute Gasteiger partial charge is 0.255 e. The Morgan fingerprint density at radius 1 is 1.10 bits per heavy atom. The molecule has 150 valence electrons. The largest absolute Gasteiger partial charge is 0.361 e. The molecular weight excluding hydrogens is 362 g/mol. The summed E-state index contributed by atoms with van der Waals surface area (Å²) in [6.07, 6.45) is 3.24. The van der Waals surface area contributed by atoms with Crippen molar-refractivity contribution in [2.45, 2.75) is 32.7 Å². The summed E-state index contributed by atoms with van der Waals surface area (Å²) in [6, 6.07) is 15.7. The topological polar surface area (TPSA) is 65.2 Å². The van der Waals surface area contributed by atoms with Crippen LogP contribution in [0, 0.1) is 5.92 Å². The summed E-state index contributed by atoms with van der Waals surface area (Å²) < 4.78 is 0. The molecule has 1 aliphatic heterocycles. The number of benzene rings is 2. The molecule has 0 spiro atoms. The zero-order chi connectivity index (χ0) is 20.4. The Hall–Kier alpha value is -3.08. The zero-order valence-electron chi connectivity index (χ0n) is 16.9. The Balaban J connectivity index is 1.59. The Bertz CT molecular complexity index is 1040. The Morgan fingerprint density at radius 2 is 1.86 bits per heavy atom. The number of para-hydroxylation sites is 1. The maximum Gasteiger partial charge on any atom is 0.255 e. The number of fused-ring (bicyclic) bond motifs is 2. The zero-order valence-corrected chi connectivity index (χ0v) is 16.9. The van der Waals surface area contributed by atoms with Crippen molar-refractivity contribution in [1.29, 1.82) is 0 Å². The summed E-state index contributed by atoms with van der Waals surface area (Å²) in [4.78, 5) is 30.6. The van der Waals surface area contributed by atoms with Gasteiger partial charge in [0.2, 0.25) is 5.91 Å². The van der Waals surface area contributed by atoms with Crippen LogP contribution in [0.3, 0.4) is 0 Å². The van der Waals surface area contributed by atoms with E-state index in [0.29, 0.717) is 25.4 Å². The van der Waals surface area contributed by atoms with Crippen LogP contribution in [0.5, 0.6) is 0 Å². The number of H-pyrrole nitrogens is 1. The van der Waals surface area contributed by atoms with Gasteiger partial charge in [-0.05, 0) is 30.0 Å². The first-order valence-corrected chi connectivity index (χ1v) is 10.3. The highest BCUT2D eigenvalue weighted by molar-refractivity contribution is 6.01. The maximum absolute atomic E-state index is 13.1. The van der Waals surface area contributed by atoms with E-state index in [4.69, 9.17) is 0 Å². The van der Waals surface area contributed by atoms with Crippen LogP contribution in [0.25, 0.3) is 10.9 Å². The summed E-state index contributed by atoms with van der Waals surface area (Å²) in [5, 5.41) is 4.08. The van der Waals surface area contributed by atoms with Crippen molar-refractivity contribution in [3.63, 3.8) is 0 Å². The molecule has 5 heteroatoms. The normalized spacial score (nSPS) is 15.9. The van der Waals surface area contributed by atoms with Gasteiger partial charge in [0.1, 0.15) is 0 Å². The molecule has 0 unspecified atom stereocenters. The second-order valence-electron chi connectivity index (χ2n) is 8.06. The molecule has 2 aromatic carbocycles. The van der Waals surface area contributed by atoms with Crippen molar-refractivity contribution in [2.24, 2.45) is 5.92 Å². The van der Waals surface area contributed by atoms with E-state index in [1.165, 1.54) is 0 Å². The first-order chi connectivity index (χ1) is 14.1. The molecule has 0 radical (unpaired) electrons. The predicted octanol–water partition coefficient (Wildman–Crippen LogP) is 4.27. The fourth-order valence-corrected chi connectivity index (χ4v) is 4.07. The van der Waals surface area contributed by atoms with Crippen molar-refractivity contribution in [3.8, 4) is 0 Å². The Morgan fingerprint density at radius 3 is 2.69 bits per heavy atom. The summed E-state index contributed by atoms with van der Waals surface area (Å²) in [6.45, 7) is 5.35. The molecule has 0 aliphatic carbocycles. The molecule has 3 aromatic rings. The van der Waals surface area contributed by atoms with Crippen molar-refractivity contribution in [1.82, 2.24) is 15.2 Å². The van der Waals surface area contributed by atoms with E-state index in [9.17, 15) is 9.59 Å². The van der Waals surface area contributed by atoms with E-state index in [0.717, 1.165) is 34.0 Å². The van der Waals surface area contributed by atoms with Crippen molar-refractivity contribution >= 4 is 22.7 Å². The Labute approximate surface area is 171 Å². The summed E-state index contributed by atoms with van der Waals surface area (Å²) in [7, 11) is 0. The van der Waals surface area contributed by atoms with E-state index >= 15 is 0 Å². The minimum Gasteiger partial charge on any atom is -0.361 e. The molecule has 0 bridgehead atoms. The minimum atomic E-state index is -0.182. The van der Waals surface area contributed by atoms with Crippen LogP contribution >= 0.6 is 0 Å². The molecule has 1 atom stereocenters. The number of carbonyl (C=O) groups excluding carboxylic acids is 2. The van der Waals surface area contributed by atoms with Gasteiger partial charge in [-0.15, -0.1) is 0 Å². The van der Waals surface area contributed by atoms with Gasteiger partial charge in [-0.3, -0.25) is 9.59 Å². The molecule has 0 saturated carbocycles. The van der Waals surface area contributed by atoms with Crippen molar-refractivity contribution < 1.29 is 9.59 Å². The number of aromatic amines is 1. The standard InChI is InChI=1S/C24H27N3O2/c1-16(2)11-13-25-22(28)12-14-27-23(18-8-3-4-9-19(18)24(27)29)20-15-26-21-10-6-5-7-17(20)21/h3-10,15-16,23,26H,11-14H2,1-2H3,(H,25,28)/t23-/m1/s1. The van der Waals surface area contributed by atoms with Crippen LogP contribution in [0.2, 0.25) is 0 Å². The number of rotatable bonds is 7. The van der Waals surface area contributed by atoms with Gasteiger partial charge < -0.3 is 15.2 Å². The molecule has 4 rings (SSSR count). The van der Waals surface area contributed by atoms with Crippen LogP contribution in [-0.4, -0.2) is 34.8 Å². The highest BCUT2D eigenvalue weighted by Gasteiger charge is 2.38. The predicted molar refractivity (Wildman–Crippen MR) is 115 cm³/mol. The quantitative estimate of drug-likeness (QED) is 0.634. The van der Waals surface area contributed by atoms with E-state index in [1.54, 1.807) is 0 Å². The number of nitrogens with one attached hydrogen (secondary N) is 2. The molecule has 0 saturated heterocycles. The number of nitrogens with zero attached hydrogens (tertiary/aromatic N) is 1. The van der Waals surface area contributed by atoms with E-state index < -0.39 is 0 Å². The third-order valence-corrected chi connectivity index (χ3v) is 5.60. The lowest BCUT2D eigenvalue weighted by Crippen LogP contribution is -2.34. The minimum absolute atomic E-state index is 0.00733. The molecule has 2 N–H and O–H groups in total. The second-order valence-corrected chi connectivity index (χ2v) is 8.06. The molecule has 5 nitrogen and oxygen atoms in total. The number of carbonyl (C=O) groups is 2. The highest BCUT2D eigenvalue weighted by Crippen LogP contribution is 2.41. The van der Waals surface area contributed by atoms with Crippen LogP contribution in [0.1, 0.15) is 54.2 Å². The molecule has 1 aliphatic rings. The average Bonchev–Trinajstić information content (AvgIpc) is 3.25. The lowest BCUT2D eigenvalue weighted by molar-refractivity contribution is -0.121. The average molecular weight is 389 g/mol. The number of aromatic nitrogens is 1. The van der Waals surface area contributed by atoms with Gasteiger partial charge in [0.05, 0.1) is 6.04 Å². The first-order valence-electron chi connectivity index (χ1n) is 10.3. The van der Waals surface area contributed by atoms with E-state index in [-0.39, 0.29) is 17.9 Å². The molecule has 1 aromatic heterocycles. The molecule has 2 heterocycles. The summed E-state index contributed by atoms with van der Waals surface area (Å²) >= 11 is 0. The number of amides is 2. The maximum atomic E-state index is 13.1. The van der Waals surface area contributed by atoms with Gasteiger partial charge in [0, 0.05) is 47.7 Å². The number of hydrogen-bond donors (Lipinski definition) is 2. The highest BCUT2D eigenvalue weighted by atomic mass is 16.2. The SMILES string of the molecule is CC(C)CCNC(=O)CCN1C(=O)c2ccccc2[C@@H]1c1c[nH]c2ccccc12.